The molecular weight excluding hydrogens is 240 g/mol. The molecule has 91 valence electrons. The van der Waals surface area contributed by atoms with E-state index in [1.54, 1.807) is 0 Å². The zero-order valence-electron chi connectivity index (χ0n) is 9.64. The highest BCUT2D eigenvalue weighted by Crippen LogP contribution is 2.03. The molecule has 6 heteroatoms. The third-order valence-electron chi connectivity index (χ3n) is 1.65. The Labute approximate surface area is 101 Å². The van der Waals surface area contributed by atoms with E-state index in [1.807, 2.05) is 30.3 Å². The van der Waals surface area contributed by atoms with Crippen molar-refractivity contribution in [2.24, 2.45) is 0 Å². The lowest BCUT2D eigenvalue weighted by Crippen LogP contribution is -2.30. The Balaban J connectivity index is 2.48. The van der Waals surface area contributed by atoms with Crippen LogP contribution in [0.1, 0.15) is 19.4 Å². The van der Waals surface area contributed by atoms with Gasteiger partial charge >= 0.3 is 9.53 Å². The van der Waals surface area contributed by atoms with Gasteiger partial charge in [-0.3, -0.25) is 9.59 Å². The van der Waals surface area contributed by atoms with Crippen LogP contribution < -0.4 is 0 Å². The molecular formula is C11H13O5Si. The Hall–Kier alpha value is -1.66. The summed E-state index contributed by atoms with van der Waals surface area (Å²) in [4.78, 5) is 21.6. The minimum Gasteiger partial charge on any atom is -0.461 e. The third kappa shape index (κ3) is 5.84. The summed E-state index contributed by atoms with van der Waals surface area (Å²) in [5.74, 6) is -1.07. The normalized spacial score (nSPS) is 10.1. The zero-order chi connectivity index (χ0) is 12.7. The van der Waals surface area contributed by atoms with E-state index in [0.29, 0.717) is 0 Å². The van der Waals surface area contributed by atoms with Gasteiger partial charge in [-0.1, -0.05) is 30.3 Å². The Morgan fingerprint density at radius 2 is 1.59 bits per heavy atom. The number of benzene rings is 1. The van der Waals surface area contributed by atoms with Gasteiger partial charge in [-0.25, -0.2) is 0 Å². The second-order valence-electron chi connectivity index (χ2n) is 3.21. The molecule has 5 nitrogen and oxygen atoms in total. The molecule has 0 amide bonds. The summed E-state index contributed by atoms with van der Waals surface area (Å²) in [6, 6.07) is 9.33. The molecule has 0 fully saturated rings. The molecule has 1 rings (SSSR count). The summed E-state index contributed by atoms with van der Waals surface area (Å²) in [6.07, 6.45) is 0. The van der Waals surface area contributed by atoms with Crippen LogP contribution >= 0.6 is 0 Å². The van der Waals surface area contributed by atoms with Gasteiger partial charge in [0.1, 0.15) is 0 Å². The summed E-state index contributed by atoms with van der Waals surface area (Å²) >= 11 is 0. The van der Waals surface area contributed by atoms with E-state index in [9.17, 15) is 9.59 Å². The molecule has 0 aromatic heterocycles. The van der Waals surface area contributed by atoms with E-state index in [0.717, 1.165) is 5.56 Å². The van der Waals surface area contributed by atoms with E-state index in [2.05, 4.69) is 0 Å². The van der Waals surface area contributed by atoms with Crippen molar-refractivity contribution in [2.45, 2.75) is 20.5 Å². The van der Waals surface area contributed by atoms with Crippen LogP contribution in [0.25, 0.3) is 0 Å². The van der Waals surface area contributed by atoms with E-state index >= 15 is 0 Å². The Morgan fingerprint density at radius 3 is 2.06 bits per heavy atom. The number of carbonyl (C=O) groups is 2. The molecule has 1 radical (unpaired) electrons. The number of hydrogen-bond donors (Lipinski definition) is 0. The molecule has 0 N–H and O–H groups in total. The lowest BCUT2D eigenvalue weighted by atomic mass is 10.2. The van der Waals surface area contributed by atoms with Gasteiger partial charge in [0.15, 0.2) is 0 Å². The first-order chi connectivity index (χ1) is 8.08. The van der Waals surface area contributed by atoms with Gasteiger partial charge in [0, 0.05) is 13.8 Å². The van der Waals surface area contributed by atoms with Crippen molar-refractivity contribution in [1.82, 2.24) is 0 Å². The standard InChI is InChI=1S/C11H13O5Si/c1-9(12)15-17(16-10(2)13)14-8-11-6-4-3-5-7-11/h3-7H,8H2,1-2H3. The third-order valence-corrected chi connectivity index (χ3v) is 2.94. The van der Waals surface area contributed by atoms with Crippen molar-refractivity contribution in [3.05, 3.63) is 35.9 Å². The predicted molar refractivity (Wildman–Crippen MR) is 60.5 cm³/mol. The van der Waals surface area contributed by atoms with Crippen molar-refractivity contribution in [2.75, 3.05) is 0 Å². The minimum absolute atomic E-state index is 0.232. The first-order valence-corrected chi connectivity index (χ1v) is 6.21. The molecule has 0 bridgehead atoms. The van der Waals surface area contributed by atoms with Crippen LogP contribution in [0.4, 0.5) is 0 Å². The van der Waals surface area contributed by atoms with E-state index < -0.39 is 21.5 Å². The lowest BCUT2D eigenvalue weighted by Gasteiger charge is -2.11. The summed E-state index contributed by atoms with van der Waals surface area (Å²) in [7, 11) is -2.34. The van der Waals surface area contributed by atoms with Crippen LogP contribution in [0.5, 0.6) is 0 Å². The predicted octanol–water partition coefficient (Wildman–Crippen LogP) is 1.31. The highest BCUT2D eigenvalue weighted by atomic mass is 28.3. The maximum absolute atomic E-state index is 10.8. The largest absolute Gasteiger partial charge is 0.740 e. The number of carbonyl (C=O) groups excluding carboxylic acids is 2. The monoisotopic (exact) mass is 253 g/mol. The van der Waals surface area contributed by atoms with Crippen LogP contribution in [0.3, 0.4) is 0 Å². The van der Waals surface area contributed by atoms with Crippen LogP contribution in [-0.2, 0) is 29.5 Å². The van der Waals surface area contributed by atoms with Crippen molar-refractivity contribution >= 4 is 21.5 Å². The minimum atomic E-state index is -2.34. The quantitative estimate of drug-likeness (QED) is 0.740. The summed E-state index contributed by atoms with van der Waals surface area (Å²) in [5.41, 5.74) is 0.911. The second-order valence-corrected chi connectivity index (χ2v) is 4.41. The van der Waals surface area contributed by atoms with Crippen LogP contribution in [0, 0.1) is 0 Å². The lowest BCUT2D eigenvalue weighted by molar-refractivity contribution is -0.140. The molecule has 0 heterocycles. The SMILES string of the molecule is CC(=O)O[Si](OCc1ccccc1)OC(C)=O. The van der Waals surface area contributed by atoms with Crippen LogP contribution in [0.2, 0.25) is 0 Å². The van der Waals surface area contributed by atoms with E-state index in [4.69, 9.17) is 13.3 Å². The maximum atomic E-state index is 10.8. The highest BCUT2D eigenvalue weighted by molar-refractivity contribution is 6.41. The molecule has 1 aromatic rings. The van der Waals surface area contributed by atoms with Gasteiger partial charge in [-0.15, -0.1) is 0 Å². The summed E-state index contributed by atoms with van der Waals surface area (Å²) in [5, 5.41) is 0. The van der Waals surface area contributed by atoms with Crippen molar-refractivity contribution in [3.8, 4) is 0 Å². The van der Waals surface area contributed by atoms with Gasteiger partial charge in [0.05, 0.1) is 6.61 Å². The average molecular weight is 253 g/mol. The number of hydrogen-bond acceptors (Lipinski definition) is 5. The van der Waals surface area contributed by atoms with Crippen molar-refractivity contribution in [1.29, 1.82) is 0 Å². The van der Waals surface area contributed by atoms with Crippen molar-refractivity contribution in [3.63, 3.8) is 0 Å². The first-order valence-electron chi connectivity index (χ1n) is 4.98. The van der Waals surface area contributed by atoms with Gasteiger partial charge in [-0.05, 0) is 5.56 Å². The van der Waals surface area contributed by atoms with E-state index in [1.165, 1.54) is 13.8 Å². The van der Waals surface area contributed by atoms with Crippen LogP contribution in [0.15, 0.2) is 30.3 Å². The average Bonchev–Trinajstić information content (AvgIpc) is 2.26. The molecule has 17 heavy (non-hydrogen) atoms. The molecule has 0 aliphatic rings. The Bertz CT molecular complexity index is 363. The second kappa shape index (κ2) is 6.82. The number of rotatable bonds is 5. The summed E-state index contributed by atoms with van der Waals surface area (Å²) in [6.45, 7) is 2.70. The zero-order valence-corrected chi connectivity index (χ0v) is 10.6. The van der Waals surface area contributed by atoms with Crippen LogP contribution in [-0.4, -0.2) is 21.5 Å². The molecule has 0 aliphatic carbocycles. The molecule has 1 aromatic carbocycles. The van der Waals surface area contributed by atoms with Gasteiger partial charge < -0.3 is 13.3 Å². The van der Waals surface area contributed by atoms with Gasteiger partial charge in [-0.2, -0.15) is 0 Å². The smallest absolute Gasteiger partial charge is 0.461 e. The molecule has 0 unspecified atom stereocenters. The first kappa shape index (κ1) is 13.4. The fourth-order valence-electron chi connectivity index (χ4n) is 1.03. The fourth-order valence-corrected chi connectivity index (χ4v) is 1.94. The Morgan fingerprint density at radius 1 is 1.06 bits per heavy atom. The maximum Gasteiger partial charge on any atom is 0.740 e. The van der Waals surface area contributed by atoms with E-state index in [-0.39, 0.29) is 6.61 Å². The fraction of sp³-hybridized carbons (Fsp3) is 0.273. The highest BCUT2D eigenvalue weighted by Gasteiger charge is 2.27. The summed E-state index contributed by atoms with van der Waals surface area (Å²) < 4.78 is 14.8. The van der Waals surface area contributed by atoms with Gasteiger partial charge in [0.25, 0.3) is 11.9 Å². The molecule has 0 saturated heterocycles. The Kier molecular flexibility index (Phi) is 5.38. The molecule has 0 saturated carbocycles. The van der Waals surface area contributed by atoms with Crippen molar-refractivity contribution < 1.29 is 22.9 Å². The molecule has 0 atom stereocenters. The molecule has 0 aliphatic heterocycles. The van der Waals surface area contributed by atoms with Gasteiger partial charge in [0.2, 0.25) is 0 Å². The topological polar surface area (TPSA) is 61.8 Å². The molecule has 0 spiro atoms.